The molecule has 8 heteroatoms. The summed E-state index contributed by atoms with van der Waals surface area (Å²) in [6, 6.07) is 5.22. The number of carbonyl (C=O) groups excluding carboxylic acids is 2. The van der Waals surface area contributed by atoms with Gasteiger partial charge in [-0.25, -0.2) is 4.79 Å². The standard InChI is InChI=1S/C21H29N3O5/c1-23-20-15(5-3-10-28-12-13-29-11-9-22)4-2-6-18(20)24(21(23)27)17-8-7-16(25)14-19(17)26/h2,4,6,17H,3,5,7-14,22H2,1H3. The van der Waals surface area contributed by atoms with Crippen molar-refractivity contribution in [2.45, 2.75) is 38.1 Å². The van der Waals surface area contributed by atoms with E-state index in [0.29, 0.717) is 45.8 Å². The molecular weight excluding hydrogens is 374 g/mol. The highest BCUT2D eigenvalue weighted by Gasteiger charge is 2.31. The molecule has 0 spiro atoms. The van der Waals surface area contributed by atoms with Crippen LogP contribution in [0.15, 0.2) is 23.0 Å². The van der Waals surface area contributed by atoms with Crippen LogP contribution in [0, 0.1) is 0 Å². The van der Waals surface area contributed by atoms with Crippen LogP contribution in [0.3, 0.4) is 0 Å². The van der Waals surface area contributed by atoms with Crippen LogP contribution in [-0.2, 0) is 32.5 Å². The molecule has 1 aliphatic rings. The van der Waals surface area contributed by atoms with Crippen LogP contribution in [0.4, 0.5) is 0 Å². The lowest BCUT2D eigenvalue weighted by atomic mass is 9.92. The first-order valence-corrected chi connectivity index (χ1v) is 10.1. The van der Waals surface area contributed by atoms with Crippen LogP contribution in [0.1, 0.15) is 37.3 Å². The number of aryl methyl sites for hydroxylation is 2. The first-order valence-electron chi connectivity index (χ1n) is 10.1. The van der Waals surface area contributed by atoms with Crippen molar-refractivity contribution in [1.29, 1.82) is 0 Å². The van der Waals surface area contributed by atoms with Crippen LogP contribution in [0.25, 0.3) is 11.0 Å². The SMILES string of the molecule is Cn1c(=O)n(C2CCC(=O)CC2=O)c2cccc(CCCOCCOCCN)c21. The molecule has 158 valence electrons. The smallest absolute Gasteiger partial charge is 0.329 e. The van der Waals surface area contributed by atoms with Crippen LogP contribution >= 0.6 is 0 Å². The van der Waals surface area contributed by atoms with E-state index in [1.165, 1.54) is 0 Å². The number of hydrogen-bond donors (Lipinski definition) is 1. The molecule has 1 aromatic carbocycles. The molecule has 0 amide bonds. The van der Waals surface area contributed by atoms with E-state index in [1.807, 2.05) is 18.2 Å². The number of rotatable bonds is 10. The third kappa shape index (κ3) is 4.83. The molecule has 3 rings (SSSR count). The number of aromatic nitrogens is 2. The molecule has 0 saturated heterocycles. The summed E-state index contributed by atoms with van der Waals surface area (Å²) in [4.78, 5) is 36.9. The second-order valence-electron chi connectivity index (χ2n) is 7.35. The average Bonchev–Trinajstić information content (AvgIpc) is 2.95. The molecule has 1 atom stereocenters. The number of imidazole rings is 1. The number of carbonyl (C=O) groups is 2. The zero-order valence-corrected chi connectivity index (χ0v) is 16.9. The Morgan fingerprint density at radius 3 is 2.59 bits per heavy atom. The minimum absolute atomic E-state index is 0.0475. The van der Waals surface area contributed by atoms with E-state index < -0.39 is 6.04 Å². The van der Waals surface area contributed by atoms with Gasteiger partial charge in [0.25, 0.3) is 0 Å². The zero-order chi connectivity index (χ0) is 20.8. The number of benzene rings is 1. The fourth-order valence-corrected chi connectivity index (χ4v) is 3.92. The largest absolute Gasteiger partial charge is 0.379 e. The molecule has 1 saturated carbocycles. The third-order valence-corrected chi connectivity index (χ3v) is 5.31. The number of fused-ring (bicyclic) bond motifs is 1. The highest BCUT2D eigenvalue weighted by atomic mass is 16.5. The summed E-state index contributed by atoms with van der Waals surface area (Å²) in [7, 11) is 1.73. The van der Waals surface area contributed by atoms with E-state index in [9.17, 15) is 14.4 Å². The fourth-order valence-electron chi connectivity index (χ4n) is 3.92. The molecule has 2 aromatic rings. The Kier molecular flexibility index (Phi) is 7.35. The van der Waals surface area contributed by atoms with E-state index in [4.69, 9.17) is 15.2 Å². The Morgan fingerprint density at radius 1 is 1.10 bits per heavy atom. The van der Waals surface area contributed by atoms with Crippen molar-refractivity contribution < 1.29 is 19.1 Å². The Hall–Kier alpha value is -2.29. The van der Waals surface area contributed by atoms with Crippen molar-refractivity contribution in [3.63, 3.8) is 0 Å². The lowest BCUT2D eigenvalue weighted by Gasteiger charge is -2.21. The van der Waals surface area contributed by atoms with Crippen molar-refractivity contribution in [3.05, 3.63) is 34.2 Å². The Labute approximate surface area is 169 Å². The van der Waals surface area contributed by atoms with E-state index in [1.54, 1.807) is 16.2 Å². The van der Waals surface area contributed by atoms with Gasteiger partial charge in [0.15, 0.2) is 5.78 Å². The van der Waals surface area contributed by atoms with Gasteiger partial charge < -0.3 is 15.2 Å². The van der Waals surface area contributed by atoms with Crippen LogP contribution in [-0.4, -0.2) is 53.7 Å². The minimum Gasteiger partial charge on any atom is -0.379 e. The molecule has 1 aromatic heterocycles. The minimum atomic E-state index is -0.559. The van der Waals surface area contributed by atoms with Crippen LogP contribution < -0.4 is 11.4 Å². The molecule has 0 aliphatic heterocycles. The first-order chi connectivity index (χ1) is 14.0. The maximum atomic E-state index is 12.9. The number of nitrogens with two attached hydrogens (primary N) is 1. The monoisotopic (exact) mass is 403 g/mol. The van der Waals surface area contributed by atoms with E-state index in [2.05, 4.69) is 0 Å². The van der Waals surface area contributed by atoms with E-state index >= 15 is 0 Å². The lowest BCUT2D eigenvalue weighted by Crippen LogP contribution is -2.34. The number of nitrogens with zero attached hydrogens (tertiary/aromatic N) is 2. The van der Waals surface area contributed by atoms with Crippen molar-refractivity contribution in [3.8, 4) is 0 Å². The molecule has 1 unspecified atom stereocenters. The average molecular weight is 403 g/mol. The van der Waals surface area contributed by atoms with Gasteiger partial charge in [-0.05, 0) is 30.9 Å². The van der Waals surface area contributed by atoms with Gasteiger partial charge in [0, 0.05) is 26.6 Å². The predicted octanol–water partition coefficient (Wildman–Crippen LogP) is 1.13. The van der Waals surface area contributed by atoms with Gasteiger partial charge in [-0.1, -0.05) is 12.1 Å². The second-order valence-corrected chi connectivity index (χ2v) is 7.35. The molecule has 29 heavy (non-hydrogen) atoms. The summed E-state index contributed by atoms with van der Waals surface area (Å²) in [5.74, 6) is -0.222. The molecule has 8 nitrogen and oxygen atoms in total. The molecule has 1 aliphatic carbocycles. The maximum absolute atomic E-state index is 12.9. The van der Waals surface area contributed by atoms with Gasteiger partial charge >= 0.3 is 5.69 Å². The van der Waals surface area contributed by atoms with Crippen molar-refractivity contribution in [1.82, 2.24) is 9.13 Å². The lowest BCUT2D eigenvalue weighted by molar-refractivity contribution is -0.132. The fraction of sp³-hybridized carbons (Fsp3) is 0.571. The number of ketones is 2. The second kappa shape index (κ2) is 9.96. The Morgan fingerprint density at radius 2 is 1.86 bits per heavy atom. The van der Waals surface area contributed by atoms with Crippen LogP contribution in [0.2, 0.25) is 0 Å². The Balaban J connectivity index is 1.72. The molecule has 2 N–H and O–H groups in total. The van der Waals surface area contributed by atoms with Gasteiger partial charge in [0.2, 0.25) is 0 Å². The summed E-state index contributed by atoms with van der Waals surface area (Å²) in [5, 5.41) is 0. The number of Topliss-reactive ketones (excluding diaryl/α,β-unsaturated/α-hetero) is 2. The summed E-state index contributed by atoms with van der Waals surface area (Å²) in [6.07, 6.45) is 2.22. The highest BCUT2D eigenvalue weighted by molar-refractivity contribution is 6.03. The van der Waals surface area contributed by atoms with Gasteiger partial charge in [0.05, 0.1) is 43.3 Å². The van der Waals surface area contributed by atoms with Crippen molar-refractivity contribution in [2.75, 3.05) is 33.0 Å². The Bertz CT molecular complexity index is 930. The highest BCUT2D eigenvalue weighted by Crippen LogP contribution is 2.27. The first kappa shape index (κ1) is 21.4. The summed E-state index contributed by atoms with van der Waals surface area (Å²) in [5.41, 5.74) is 7.78. The molecule has 1 heterocycles. The van der Waals surface area contributed by atoms with Crippen molar-refractivity contribution >= 4 is 22.6 Å². The summed E-state index contributed by atoms with van der Waals surface area (Å²) in [6.45, 7) is 2.70. The van der Waals surface area contributed by atoms with Gasteiger partial charge in [-0.15, -0.1) is 0 Å². The van der Waals surface area contributed by atoms with E-state index in [-0.39, 0.29) is 23.7 Å². The summed E-state index contributed by atoms with van der Waals surface area (Å²) >= 11 is 0. The van der Waals surface area contributed by atoms with Gasteiger partial charge in [0.1, 0.15) is 5.78 Å². The zero-order valence-electron chi connectivity index (χ0n) is 16.9. The third-order valence-electron chi connectivity index (χ3n) is 5.31. The summed E-state index contributed by atoms with van der Waals surface area (Å²) < 4.78 is 14.0. The van der Waals surface area contributed by atoms with Gasteiger partial charge in [-0.2, -0.15) is 0 Å². The van der Waals surface area contributed by atoms with Gasteiger partial charge in [-0.3, -0.25) is 18.7 Å². The number of hydrogen-bond acceptors (Lipinski definition) is 6. The number of ether oxygens (including phenoxy) is 2. The van der Waals surface area contributed by atoms with Crippen LogP contribution in [0.5, 0.6) is 0 Å². The molecule has 1 fully saturated rings. The quantitative estimate of drug-likeness (QED) is 0.471. The predicted molar refractivity (Wildman–Crippen MR) is 109 cm³/mol. The molecule has 0 radical (unpaired) electrons. The maximum Gasteiger partial charge on any atom is 0.329 e. The number of para-hydroxylation sites is 1. The van der Waals surface area contributed by atoms with Crippen molar-refractivity contribution in [2.24, 2.45) is 12.8 Å². The van der Waals surface area contributed by atoms with E-state index in [0.717, 1.165) is 29.4 Å². The molecular formula is C21H29N3O5. The molecule has 0 bridgehead atoms. The topological polar surface area (TPSA) is 106 Å². The normalized spacial score (nSPS) is 17.4.